The standard InChI is InChI=1S/C14H19FO2/c15-13-10-8-12(9-11-13)6-4-2-1-3-5-7-14(16)17/h8-11H,1-7H2,(H,16,17). The molecule has 2 nitrogen and oxygen atoms in total. The van der Waals surface area contributed by atoms with Gasteiger partial charge in [-0.1, -0.05) is 31.4 Å². The maximum atomic E-state index is 12.6. The van der Waals surface area contributed by atoms with Crippen LogP contribution in [0, 0.1) is 5.82 Å². The lowest BCUT2D eigenvalue weighted by Gasteiger charge is -2.01. The minimum atomic E-state index is -0.712. The fourth-order valence-corrected chi connectivity index (χ4v) is 1.79. The summed E-state index contributed by atoms with van der Waals surface area (Å²) >= 11 is 0. The van der Waals surface area contributed by atoms with E-state index in [1.54, 1.807) is 0 Å². The maximum Gasteiger partial charge on any atom is 0.303 e. The highest BCUT2D eigenvalue weighted by molar-refractivity contribution is 5.66. The topological polar surface area (TPSA) is 37.3 Å². The van der Waals surface area contributed by atoms with Crippen LogP contribution >= 0.6 is 0 Å². The normalized spacial score (nSPS) is 10.4. The second kappa shape index (κ2) is 7.82. The minimum absolute atomic E-state index is 0.192. The van der Waals surface area contributed by atoms with Gasteiger partial charge in [0, 0.05) is 6.42 Å². The Morgan fingerprint density at radius 3 is 2.24 bits per heavy atom. The lowest BCUT2D eigenvalue weighted by atomic mass is 10.0. The van der Waals surface area contributed by atoms with E-state index in [2.05, 4.69) is 0 Å². The summed E-state index contributed by atoms with van der Waals surface area (Å²) in [6.07, 6.45) is 6.27. The van der Waals surface area contributed by atoms with Crippen molar-refractivity contribution >= 4 is 5.97 Å². The van der Waals surface area contributed by atoms with Gasteiger partial charge in [-0.3, -0.25) is 4.79 Å². The second-order valence-corrected chi connectivity index (χ2v) is 4.29. The van der Waals surface area contributed by atoms with Crippen LogP contribution in [0.25, 0.3) is 0 Å². The van der Waals surface area contributed by atoms with Crippen LogP contribution in [0.1, 0.15) is 44.1 Å². The van der Waals surface area contributed by atoms with E-state index >= 15 is 0 Å². The molecule has 0 unspecified atom stereocenters. The van der Waals surface area contributed by atoms with Gasteiger partial charge in [-0.25, -0.2) is 4.39 Å². The number of hydrogen-bond donors (Lipinski definition) is 1. The van der Waals surface area contributed by atoms with Gasteiger partial charge in [-0.2, -0.15) is 0 Å². The summed E-state index contributed by atoms with van der Waals surface area (Å²) in [5.74, 6) is -0.904. The van der Waals surface area contributed by atoms with Crippen LogP contribution in [0.5, 0.6) is 0 Å². The third-order valence-corrected chi connectivity index (χ3v) is 2.77. The Kier molecular flexibility index (Phi) is 6.30. The van der Waals surface area contributed by atoms with Crippen molar-refractivity contribution in [1.82, 2.24) is 0 Å². The van der Waals surface area contributed by atoms with Gasteiger partial charge in [0.2, 0.25) is 0 Å². The average molecular weight is 238 g/mol. The molecule has 1 rings (SSSR count). The van der Waals surface area contributed by atoms with Gasteiger partial charge in [0.25, 0.3) is 0 Å². The van der Waals surface area contributed by atoms with Crippen LogP contribution in [0.3, 0.4) is 0 Å². The first-order chi connectivity index (χ1) is 8.18. The van der Waals surface area contributed by atoms with Gasteiger partial charge in [-0.15, -0.1) is 0 Å². The Morgan fingerprint density at radius 1 is 1.00 bits per heavy atom. The predicted octanol–water partition coefficient (Wildman–Crippen LogP) is 3.79. The van der Waals surface area contributed by atoms with Crippen LogP contribution in [-0.2, 0) is 11.2 Å². The van der Waals surface area contributed by atoms with Crippen LogP contribution in [0.2, 0.25) is 0 Å². The third kappa shape index (κ3) is 6.72. The largest absolute Gasteiger partial charge is 0.481 e. The fourth-order valence-electron chi connectivity index (χ4n) is 1.79. The molecule has 94 valence electrons. The number of aryl methyl sites for hydroxylation is 1. The summed E-state index contributed by atoms with van der Waals surface area (Å²) in [5, 5.41) is 8.46. The summed E-state index contributed by atoms with van der Waals surface area (Å²) in [4.78, 5) is 10.3. The molecule has 17 heavy (non-hydrogen) atoms. The molecule has 0 fully saturated rings. The number of unbranched alkanes of at least 4 members (excludes halogenated alkanes) is 4. The number of hydrogen-bond acceptors (Lipinski definition) is 1. The molecule has 0 saturated carbocycles. The van der Waals surface area contributed by atoms with E-state index in [1.165, 1.54) is 12.1 Å². The van der Waals surface area contributed by atoms with Crippen molar-refractivity contribution < 1.29 is 14.3 Å². The summed E-state index contributed by atoms with van der Waals surface area (Å²) in [7, 11) is 0. The number of benzene rings is 1. The van der Waals surface area contributed by atoms with Gasteiger partial charge >= 0.3 is 5.97 Å². The van der Waals surface area contributed by atoms with Crippen molar-refractivity contribution in [3.63, 3.8) is 0 Å². The van der Waals surface area contributed by atoms with E-state index in [-0.39, 0.29) is 12.2 Å². The predicted molar refractivity (Wildman–Crippen MR) is 65.4 cm³/mol. The van der Waals surface area contributed by atoms with Crippen molar-refractivity contribution in [2.75, 3.05) is 0 Å². The first-order valence-corrected chi connectivity index (χ1v) is 6.15. The first-order valence-electron chi connectivity index (χ1n) is 6.15. The zero-order valence-corrected chi connectivity index (χ0v) is 9.99. The van der Waals surface area contributed by atoms with E-state index in [0.717, 1.165) is 44.1 Å². The lowest BCUT2D eigenvalue weighted by Crippen LogP contribution is -1.93. The quantitative estimate of drug-likeness (QED) is 0.699. The van der Waals surface area contributed by atoms with E-state index in [0.29, 0.717) is 0 Å². The smallest absolute Gasteiger partial charge is 0.303 e. The molecular formula is C14H19FO2. The number of rotatable bonds is 8. The molecule has 0 aliphatic carbocycles. The maximum absolute atomic E-state index is 12.6. The molecule has 0 aliphatic rings. The summed E-state index contributed by atoms with van der Waals surface area (Å²) in [5.41, 5.74) is 1.16. The van der Waals surface area contributed by atoms with Crippen molar-refractivity contribution in [1.29, 1.82) is 0 Å². The SMILES string of the molecule is O=C(O)CCCCCCCc1ccc(F)cc1. The number of carbonyl (C=O) groups is 1. The molecular weight excluding hydrogens is 219 g/mol. The molecule has 0 spiro atoms. The molecule has 0 atom stereocenters. The Bertz CT molecular complexity index is 333. The monoisotopic (exact) mass is 238 g/mol. The first kappa shape index (κ1) is 13.7. The molecule has 1 aromatic rings. The fraction of sp³-hybridized carbons (Fsp3) is 0.500. The number of carboxylic acids is 1. The van der Waals surface area contributed by atoms with Crippen molar-refractivity contribution in [2.24, 2.45) is 0 Å². The lowest BCUT2D eigenvalue weighted by molar-refractivity contribution is -0.137. The van der Waals surface area contributed by atoms with E-state index in [9.17, 15) is 9.18 Å². The molecule has 0 bridgehead atoms. The summed E-state index contributed by atoms with van der Waals surface area (Å²) < 4.78 is 12.6. The van der Waals surface area contributed by atoms with Crippen LogP contribution in [0.15, 0.2) is 24.3 Å². The molecule has 0 amide bonds. The highest BCUT2D eigenvalue weighted by Gasteiger charge is 1.97. The van der Waals surface area contributed by atoms with E-state index in [4.69, 9.17) is 5.11 Å². The molecule has 0 saturated heterocycles. The van der Waals surface area contributed by atoms with Gasteiger partial charge in [-0.05, 0) is 37.0 Å². The second-order valence-electron chi connectivity index (χ2n) is 4.29. The summed E-state index contributed by atoms with van der Waals surface area (Å²) in [6, 6.07) is 6.61. The van der Waals surface area contributed by atoms with Crippen molar-refractivity contribution in [2.45, 2.75) is 44.9 Å². The molecule has 0 aliphatic heterocycles. The number of halogens is 1. The van der Waals surface area contributed by atoms with E-state index in [1.807, 2.05) is 12.1 Å². The van der Waals surface area contributed by atoms with Gasteiger partial charge < -0.3 is 5.11 Å². The van der Waals surface area contributed by atoms with Crippen LogP contribution < -0.4 is 0 Å². The highest BCUT2D eigenvalue weighted by Crippen LogP contribution is 2.10. The molecule has 0 aromatic heterocycles. The van der Waals surface area contributed by atoms with Gasteiger partial charge in [0.15, 0.2) is 0 Å². The van der Waals surface area contributed by atoms with Crippen LogP contribution in [-0.4, -0.2) is 11.1 Å². The number of carboxylic acid groups (broad SMARTS) is 1. The average Bonchev–Trinajstić information content (AvgIpc) is 2.30. The third-order valence-electron chi connectivity index (χ3n) is 2.77. The molecule has 1 N–H and O–H groups in total. The van der Waals surface area contributed by atoms with Gasteiger partial charge in [0.1, 0.15) is 5.82 Å². The summed E-state index contributed by atoms with van der Waals surface area (Å²) in [6.45, 7) is 0. The van der Waals surface area contributed by atoms with Crippen LogP contribution in [0.4, 0.5) is 4.39 Å². The Morgan fingerprint density at radius 2 is 1.59 bits per heavy atom. The molecule has 3 heteroatoms. The molecule has 0 radical (unpaired) electrons. The molecule has 1 aromatic carbocycles. The Hall–Kier alpha value is -1.38. The minimum Gasteiger partial charge on any atom is -0.481 e. The number of aliphatic carboxylic acids is 1. The zero-order valence-electron chi connectivity index (χ0n) is 9.99. The van der Waals surface area contributed by atoms with Gasteiger partial charge in [0.05, 0.1) is 0 Å². The van der Waals surface area contributed by atoms with E-state index < -0.39 is 5.97 Å². The van der Waals surface area contributed by atoms with Crippen molar-refractivity contribution in [3.8, 4) is 0 Å². The Labute approximate surface area is 101 Å². The molecule has 0 heterocycles. The highest BCUT2D eigenvalue weighted by atomic mass is 19.1. The zero-order chi connectivity index (χ0) is 12.5. The Balaban J connectivity index is 2.01. The van der Waals surface area contributed by atoms with Crippen molar-refractivity contribution in [3.05, 3.63) is 35.6 Å².